The maximum Gasteiger partial charge on any atom is 0.326 e. The van der Waals surface area contributed by atoms with Crippen molar-refractivity contribution in [3.63, 3.8) is 0 Å². The van der Waals surface area contributed by atoms with E-state index in [0.29, 0.717) is 5.56 Å². The highest BCUT2D eigenvalue weighted by molar-refractivity contribution is 5.96. The molecule has 0 heterocycles. The van der Waals surface area contributed by atoms with Gasteiger partial charge in [0.25, 0.3) is 5.91 Å². The zero-order valence-electron chi connectivity index (χ0n) is 11.8. The van der Waals surface area contributed by atoms with Gasteiger partial charge < -0.3 is 10.0 Å². The summed E-state index contributed by atoms with van der Waals surface area (Å²) in [6.45, 7) is 1.79. The third-order valence-electron chi connectivity index (χ3n) is 3.30. The molecule has 0 saturated carbocycles. The SMILES string of the molecule is C[C@@H](C(=O)O)N(Cc1ccccc1)C(=O)c1ccccc1. The van der Waals surface area contributed by atoms with Gasteiger partial charge in [-0.15, -0.1) is 0 Å². The Balaban J connectivity index is 2.28. The number of rotatable bonds is 5. The fourth-order valence-electron chi connectivity index (χ4n) is 2.04. The minimum absolute atomic E-state index is 0.266. The number of carboxylic acid groups (broad SMARTS) is 1. The molecular formula is C17H17NO3. The molecule has 2 aromatic rings. The first-order valence-electron chi connectivity index (χ1n) is 6.72. The van der Waals surface area contributed by atoms with E-state index in [4.69, 9.17) is 0 Å². The average molecular weight is 283 g/mol. The van der Waals surface area contributed by atoms with Crippen LogP contribution < -0.4 is 0 Å². The summed E-state index contributed by atoms with van der Waals surface area (Å²) in [5.74, 6) is -1.30. The van der Waals surface area contributed by atoms with E-state index in [0.717, 1.165) is 5.56 Å². The fraction of sp³-hybridized carbons (Fsp3) is 0.176. The van der Waals surface area contributed by atoms with E-state index in [-0.39, 0.29) is 12.5 Å². The molecule has 0 spiro atoms. The van der Waals surface area contributed by atoms with Crippen LogP contribution in [0.3, 0.4) is 0 Å². The molecule has 2 aromatic carbocycles. The first-order valence-corrected chi connectivity index (χ1v) is 6.72. The van der Waals surface area contributed by atoms with E-state index >= 15 is 0 Å². The van der Waals surface area contributed by atoms with Gasteiger partial charge >= 0.3 is 5.97 Å². The highest BCUT2D eigenvalue weighted by atomic mass is 16.4. The van der Waals surface area contributed by atoms with Crippen LogP contribution in [0.2, 0.25) is 0 Å². The monoisotopic (exact) mass is 283 g/mol. The number of amides is 1. The molecule has 21 heavy (non-hydrogen) atoms. The van der Waals surface area contributed by atoms with Crippen LogP contribution in [-0.4, -0.2) is 27.9 Å². The fourth-order valence-corrected chi connectivity index (χ4v) is 2.04. The lowest BCUT2D eigenvalue weighted by Gasteiger charge is -2.26. The molecule has 0 saturated heterocycles. The van der Waals surface area contributed by atoms with Crippen LogP contribution in [0.1, 0.15) is 22.8 Å². The van der Waals surface area contributed by atoms with Crippen LogP contribution >= 0.6 is 0 Å². The summed E-state index contributed by atoms with van der Waals surface area (Å²) < 4.78 is 0. The second-order valence-electron chi connectivity index (χ2n) is 4.80. The molecule has 0 fully saturated rings. The van der Waals surface area contributed by atoms with Crippen molar-refractivity contribution in [3.05, 3.63) is 71.8 Å². The minimum atomic E-state index is -1.02. The molecule has 1 amide bonds. The summed E-state index contributed by atoms with van der Waals surface area (Å²) in [6, 6.07) is 17.2. The molecule has 0 aliphatic rings. The number of benzene rings is 2. The Morgan fingerprint density at radius 2 is 1.52 bits per heavy atom. The molecule has 0 aliphatic carbocycles. The van der Waals surface area contributed by atoms with Gasteiger partial charge in [0, 0.05) is 12.1 Å². The molecule has 2 rings (SSSR count). The maximum absolute atomic E-state index is 12.6. The van der Waals surface area contributed by atoms with Crippen LogP contribution in [-0.2, 0) is 11.3 Å². The molecule has 0 aromatic heterocycles. The van der Waals surface area contributed by atoms with E-state index < -0.39 is 12.0 Å². The standard InChI is InChI=1S/C17H17NO3/c1-13(17(20)21)18(12-14-8-4-2-5-9-14)16(19)15-10-6-3-7-11-15/h2-11,13H,12H2,1H3,(H,20,21)/t13-/m0/s1. The summed E-state index contributed by atoms with van der Waals surface area (Å²) in [4.78, 5) is 25.2. The van der Waals surface area contributed by atoms with Crippen molar-refractivity contribution in [2.75, 3.05) is 0 Å². The second kappa shape index (κ2) is 6.70. The van der Waals surface area contributed by atoms with E-state index in [2.05, 4.69) is 0 Å². The quantitative estimate of drug-likeness (QED) is 0.918. The third kappa shape index (κ3) is 3.69. The van der Waals surface area contributed by atoms with Gasteiger partial charge in [-0.3, -0.25) is 4.79 Å². The molecular weight excluding hydrogens is 266 g/mol. The van der Waals surface area contributed by atoms with Crippen LogP contribution in [0.4, 0.5) is 0 Å². The molecule has 0 unspecified atom stereocenters. The van der Waals surface area contributed by atoms with Crippen molar-refractivity contribution < 1.29 is 14.7 Å². The smallest absolute Gasteiger partial charge is 0.326 e. The number of nitrogens with zero attached hydrogens (tertiary/aromatic N) is 1. The number of carbonyl (C=O) groups is 2. The summed E-state index contributed by atoms with van der Waals surface area (Å²) in [6.07, 6.45) is 0. The molecule has 108 valence electrons. The summed E-state index contributed by atoms with van der Waals surface area (Å²) in [7, 11) is 0. The van der Waals surface area contributed by atoms with Crippen molar-refractivity contribution in [2.45, 2.75) is 19.5 Å². The first-order chi connectivity index (χ1) is 10.1. The molecule has 4 heteroatoms. The average Bonchev–Trinajstić information content (AvgIpc) is 2.53. The third-order valence-corrected chi connectivity index (χ3v) is 3.30. The molecule has 0 radical (unpaired) electrons. The summed E-state index contributed by atoms with van der Waals surface area (Å²) in [5, 5.41) is 9.23. The van der Waals surface area contributed by atoms with Crippen LogP contribution in [0.5, 0.6) is 0 Å². The topological polar surface area (TPSA) is 57.6 Å². The number of carboxylic acids is 1. The highest BCUT2D eigenvalue weighted by Crippen LogP contribution is 2.13. The summed E-state index contributed by atoms with van der Waals surface area (Å²) >= 11 is 0. The van der Waals surface area contributed by atoms with Crippen molar-refractivity contribution in [3.8, 4) is 0 Å². The Morgan fingerprint density at radius 1 is 1.00 bits per heavy atom. The normalized spacial score (nSPS) is 11.7. The first kappa shape index (κ1) is 14.8. The Kier molecular flexibility index (Phi) is 4.72. The molecule has 1 N–H and O–H groups in total. The van der Waals surface area contributed by atoms with Gasteiger partial charge in [-0.1, -0.05) is 48.5 Å². The highest BCUT2D eigenvalue weighted by Gasteiger charge is 2.26. The van der Waals surface area contributed by atoms with Gasteiger partial charge in [0.1, 0.15) is 6.04 Å². The van der Waals surface area contributed by atoms with Crippen LogP contribution in [0, 0.1) is 0 Å². The molecule has 0 bridgehead atoms. The predicted octanol–water partition coefficient (Wildman–Crippen LogP) is 2.80. The number of hydrogen-bond acceptors (Lipinski definition) is 2. The Hall–Kier alpha value is -2.62. The van der Waals surface area contributed by atoms with Crippen molar-refractivity contribution in [1.82, 2.24) is 4.90 Å². The minimum Gasteiger partial charge on any atom is -0.480 e. The van der Waals surface area contributed by atoms with Crippen molar-refractivity contribution in [2.24, 2.45) is 0 Å². The van der Waals surface area contributed by atoms with E-state index in [1.807, 2.05) is 36.4 Å². The van der Waals surface area contributed by atoms with Gasteiger partial charge in [0.2, 0.25) is 0 Å². The lowest BCUT2D eigenvalue weighted by Crippen LogP contribution is -2.42. The van der Waals surface area contributed by atoms with Crippen molar-refractivity contribution >= 4 is 11.9 Å². The Labute approximate surface area is 123 Å². The van der Waals surface area contributed by atoms with Crippen molar-refractivity contribution in [1.29, 1.82) is 0 Å². The largest absolute Gasteiger partial charge is 0.480 e. The maximum atomic E-state index is 12.6. The zero-order chi connectivity index (χ0) is 15.2. The van der Waals surface area contributed by atoms with Gasteiger partial charge in [-0.25, -0.2) is 4.79 Å². The lowest BCUT2D eigenvalue weighted by atomic mass is 10.1. The predicted molar refractivity (Wildman–Crippen MR) is 79.9 cm³/mol. The Morgan fingerprint density at radius 3 is 2.05 bits per heavy atom. The van der Waals surface area contributed by atoms with Gasteiger partial charge in [-0.05, 0) is 24.6 Å². The van der Waals surface area contributed by atoms with Gasteiger partial charge in [0.05, 0.1) is 0 Å². The molecule has 1 atom stereocenters. The van der Waals surface area contributed by atoms with Crippen LogP contribution in [0.25, 0.3) is 0 Å². The van der Waals surface area contributed by atoms with E-state index in [1.54, 1.807) is 24.3 Å². The number of hydrogen-bond donors (Lipinski definition) is 1. The second-order valence-corrected chi connectivity index (χ2v) is 4.80. The van der Waals surface area contributed by atoms with Gasteiger partial charge in [-0.2, -0.15) is 0 Å². The number of carbonyl (C=O) groups excluding carboxylic acids is 1. The van der Waals surface area contributed by atoms with Gasteiger partial charge in [0.15, 0.2) is 0 Å². The van der Waals surface area contributed by atoms with E-state index in [1.165, 1.54) is 11.8 Å². The molecule has 4 nitrogen and oxygen atoms in total. The summed E-state index contributed by atoms with van der Waals surface area (Å²) in [5.41, 5.74) is 1.39. The lowest BCUT2D eigenvalue weighted by molar-refractivity contribution is -0.141. The zero-order valence-corrected chi connectivity index (χ0v) is 11.8. The Bertz CT molecular complexity index is 610. The number of aliphatic carboxylic acids is 1. The molecule has 0 aliphatic heterocycles. The van der Waals surface area contributed by atoms with Crippen LogP contribution in [0.15, 0.2) is 60.7 Å². The van der Waals surface area contributed by atoms with E-state index in [9.17, 15) is 14.7 Å².